The number of rotatable bonds is 4. The van der Waals surface area contributed by atoms with Crippen LogP contribution in [0.25, 0.3) is 11.3 Å². The van der Waals surface area contributed by atoms with Crippen LogP contribution >= 0.6 is 11.8 Å². The molecule has 0 aliphatic rings. The summed E-state index contributed by atoms with van der Waals surface area (Å²) in [5.41, 5.74) is 4.38. The maximum Gasteiger partial charge on any atom is 0.258 e. The van der Waals surface area contributed by atoms with E-state index in [0.717, 1.165) is 27.8 Å². The standard InChI is InChI=1S/C19H17N5OS/c1-13-6-3-4-8-16(13)23-12-20-22-19(23)26-11-15-10-18(25)24-14(2)7-5-9-17(24)21-15/h3-10,12H,11H2,1-2H3. The second kappa shape index (κ2) is 6.76. The first-order chi connectivity index (χ1) is 12.6. The van der Waals surface area contributed by atoms with Gasteiger partial charge in [-0.3, -0.25) is 13.8 Å². The van der Waals surface area contributed by atoms with E-state index in [4.69, 9.17) is 0 Å². The summed E-state index contributed by atoms with van der Waals surface area (Å²) in [4.78, 5) is 17.0. The first-order valence-electron chi connectivity index (χ1n) is 8.20. The fourth-order valence-corrected chi connectivity index (χ4v) is 3.71. The van der Waals surface area contributed by atoms with Gasteiger partial charge in [-0.1, -0.05) is 36.0 Å². The molecule has 0 bridgehead atoms. The third kappa shape index (κ3) is 3.01. The summed E-state index contributed by atoms with van der Waals surface area (Å²) in [7, 11) is 0. The number of thioether (sulfide) groups is 1. The van der Waals surface area contributed by atoms with Crippen molar-refractivity contribution in [1.82, 2.24) is 24.1 Å². The average Bonchev–Trinajstić information content (AvgIpc) is 3.08. The van der Waals surface area contributed by atoms with E-state index in [-0.39, 0.29) is 5.56 Å². The van der Waals surface area contributed by atoms with Crippen molar-refractivity contribution >= 4 is 17.4 Å². The zero-order chi connectivity index (χ0) is 18.1. The topological polar surface area (TPSA) is 65.1 Å². The van der Waals surface area contributed by atoms with E-state index in [9.17, 15) is 4.79 Å². The molecule has 3 aromatic heterocycles. The van der Waals surface area contributed by atoms with Crippen molar-refractivity contribution in [2.45, 2.75) is 24.8 Å². The van der Waals surface area contributed by atoms with Gasteiger partial charge in [-0.2, -0.15) is 0 Å². The molecular weight excluding hydrogens is 346 g/mol. The minimum atomic E-state index is -0.0657. The van der Waals surface area contributed by atoms with Crippen LogP contribution in [0.5, 0.6) is 0 Å². The number of hydrogen-bond donors (Lipinski definition) is 0. The van der Waals surface area contributed by atoms with Crippen LogP contribution in [0.3, 0.4) is 0 Å². The minimum Gasteiger partial charge on any atom is -0.276 e. The van der Waals surface area contributed by atoms with Crippen molar-refractivity contribution in [3.8, 4) is 5.69 Å². The van der Waals surface area contributed by atoms with Gasteiger partial charge in [0.1, 0.15) is 12.0 Å². The number of nitrogens with zero attached hydrogens (tertiary/aromatic N) is 5. The largest absolute Gasteiger partial charge is 0.276 e. The van der Waals surface area contributed by atoms with Crippen molar-refractivity contribution in [2.24, 2.45) is 0 Å². The number of fused-ring (bicyclic) bond motifs is 1. The molecule has 0 radical (unpaired) electrons. The zero-order valence-electron chi connectivity index (χ0n) is 14.5. The Hall–Kier alpha value is -2.93. The monoisotopic (exact) mass is 363 g/mol. The van der Waals surface area contributed by atoms with Crippen molar-refractivity contribution in [3.05, 3.63) is 82.2 Å². The molecular formula is C19H17N5OS. The Kier molecular flexibility index (Phi) is 4.30. The van der Waals surface area contributed by atoms with Gasteiger partial charge >= 0.3 is 0 Å². The molecule has 0 saturated carbocycles. The molecule has 0 aliphatic heterocycles. The van der Waals surface area contributed by atoms with E-state index in [2.05, 4.69) is 28.2 Å². The third-order valence-electron chi connectivity index (χ3n) is 4.17. The fraction of sp³-hybridized carbons (Fsp3) is 0.158. The number of aryl methyl sites for hydroxylation is 2. The van der Waals surface area contributed by atoms with Gasteiger partial charge in [-0.25, -0.2) is 4.98 Å². The molecule has 0 unspecified atom stereocenters. The molecule has 1 aromatic carbocycles. The Labute approximate surface area is 154 Å². The Morgan fingerprint density at radius 1 is 1.08 bits per heavy atom. The smallest absolute Gasteiger partial charge is 0.258 e. The van der Waals surface area contributed by atoms with E-state index in [1.165, 1.54) is 11.8 Å². The van der Waals surface area contributed by atoms with Crippen LogP contribution in [0.4, 0.5) is 0 Å². The van der Waals surface area contributed by atoms with Crippen LogP contribution in [0.1, 0.15) is 17.0 Å². The number of pyridine rings is 1. The lowest BCUT2D eigenvalue weighted by Crippen LogP contribution is -2.17. The number of hydrogen-bond acceptors (Lipinski definition) is 5. The Bertz CT molecular complexity index is 1150. The number of aromatic nitrogens is 5. The summed E-state index contributed by atoms with van der Waals surface area (Å²) < 4.78 is 3.57. The molecule has 26 heavy (non-hydrogen) atoms. The molecule has 130 valence electrons. The van der Waals surface area contributed by atoms with E-state index in [1.54, 1.807) is 16.8 Å². The second-order valence-corrected chi connectivity index (χ2v) is 6.95. The minimum absolute atomic E-state index is 0.0657. The van der Waals surface area contributed by atoms with Crippen LogP contribution in [0.15, 0.2) is 64.8 Å². The Morgan fingerprint density at radius 2 is 1.92 bits per heavy atom. The highest BCUT2D eigenvalue weighted by Crippen LogP contribution is 2.24. The lowest BCUT2D eigenvalue weighted by atomic mass is 10.2. The quantitative estimate of drug-likeness (QED) is 0.521. The van der Waals surface area contributed by atoms with Crippen molar-refractivity contribution in [2.75, 3.05) is 0 Å². The lowest BCUT2D eigenvalue weighted by Gasteiger charge is -2.09. The SMILES string of the molecule is Cc1ccccc1-n1cnnc1SCc1cc(=O)n2c(C)cccc2n1. The maximum atomic E-state index is 12.4. The lowest BCUT2D eigenvalue weighted by molar-refractivity contribution is 0.876. The van der Waals surface area contributed by atoms with Crippen LogP contribution in [-0.4, -0.2) is 24.1 Å². The number of para-hydroxylation sites is 1. The van der Waals surface area contributed by atoms with Crippen molar-refractivity contribution in [3.63, 3.8) is 0 Å². The van der Waals surface area contributed by atoms with Gasteiger partial charge in [-0.15, -0.1) is 10.2 Å². The van der Waals surface area contributed by atoms with Crippen molar-refractivity contribution < 1.29 is 0 Å². The summed E-state index contributed by atoms with van der Waals surface area (Å²) >= 11 is 1.51. The highest BCUT2D eigenvalue weighted by molar-refractivity contribution is 7.98. The Morgan fingerprint density at radius 3 is 2.77 bits per heavy atom. The molecule has 0 fully saturated rings. The molecule has 0 atom stereocenters. The number of benzene rings is 1. The maximum absolute atomic E-state index is 12.4. The molecule has 6 nitrogen and oxygen atoms in total. The van der Waals surface area contributed by atoms with Crippen molar-refractivity contribution in [1.29, 1.82) is 0 Å². The zero-order valence-corrected chi connectivity index (χ0v) is 15.3. The molecule has 0 N–H and O–H groups in total. The molecule has 0 aliphatic carbocycles. The molecule has 3 heterocycles. The summed E-state index contributed by atoms with van der Waals surface area (Å²) in [6.45, 7) is 3.95. The van der Waals surface area contributed by atoms with Gasteiger partial charge < -0.3 is 0 Å². The Balaban J connectivity index is 1.63. The predicted molar refractivity (Wildman–Crippen MR) is 102 cm³/mol. The highest BCUT2D eigenvalue weighted by Gasteiger charge is 2.11. The van der Waals surface area contributed by atoms with E-state index < -0.39 is 0 Å². The predicted octanol–water partition coefficient (Wildman–Crippen LogP) is 3.18. The first kappa shape index (κ1) is 16.5. The van der Waals surface area contributed by atoms with Gasteiger partial charge in [0.15, 0.2) is 5.16 Å². The molecule has 7 heteroatoms. The first-order valence-corrected chi connectivity index (χ1v) is 9.19. The van der Waals surface area contributed by atoms with Crippen LogP contribution in [-0.2, 0) is 5.75 Å². The van der Waals surface area contributed by atoms with Gasteiger partial charge in [0.2, 0.25) is 0 Å². The van der Waals surface area contributed by atoms with Gasteiger partial charge in [0, 0.05) is 17.5 Å². The normalized spacial score (nSPS) is 11.2. The summed E-state index contributed by atoms with van der Waals surface area (Å²) in [6, 6.07) is 15.3. The van der Waals surface area contributed by atoms with Gasteiger partial charge in [0.25, 0.3) is 5.56 Å². The summed E-state index contributed by atoms with van der Waals surface area (Å²) in [5, 5.41) is 9.02. The van der Waals surface area contributed by atoms with Crippen LogP contribution in [0.2, 0.25) is 0 Å². The van der Waals surface area contributed by atoms with Crippen LogP contribution < -0.4 is 5.56 Å². The third-order valence-corrected chi connectivity index (χ3v) is 5.15. The van der Waals surface area contributed by atoms with E-state index in [1.807, 2.05) is 47.9 Å². The fourth-order valence-electron chi connectivity index (χ4n) is 2.90. The summed E-state index contributed by atoms with van der Waals surface area (Å²) in [6.07, 6.45) is 1.71. The van der Waals surface area contributed by atoms with Crippen LogP contribution in [0, 0.1) is 13.8 Å². The van der Waals surface area contributed by atoms with Gasteiger partial charge in [0.05, 0.1) is 11.4 Å². The summed E-state index contributed by atoms with van der Waals surface area (Å²) in [5.74, 6) is 0.546. The molecule has 4 aromatic rings. The molecule has 4 rings (SSSR count). The van der Waals surface area contributed by atoms with Gasteiger partial charge in [-0.05, 0) is 37.6 Å². The highest BCUT2D eigenvalue weighted by atomic mass is 32.2. The van der Waals surface area contributed by atoms with E-state index >= 15 is 0 Å². The molecule has 0 spiro atoms. The second-order valence-electron chi connectivity index (χ2n) is 6.01. The van der Waals surface area contributed by atoms with E-state index in [0.29, 0.717) is 11.4 Å². The molecule has 0 saturated heterocycles. The molecule has 0 amide bonds. The average molecular weight is 363 g/mol.